The van der Waals surface area contributed by atoms with Crippen molar-refractivity contribution in [3.63, 3.8) is 0 Å². The maximum absolute atomic E-state index is 12.9. The van der Waals surface area contributed by atoms with Crippen LogP contribution in [-0.4, -0.2) is 18.5 Å². The molecular formula is C18H16F3NO3S. The molecule has 1 aromatic carbocycles. The van der Waals surface area contributed by atoms with E-state index in [1.165, 1.54) is 23.5 Å². The third kappa shape index (κ3) is 4.24. The molecule has 0 saturated heterocycles. The Morgan fingerprint density at radius 2 is 1.88 bits per heavy atom. The Kier molecular flexibility index (Phi) is 5.31. The van der Waals surface area contributed by atoms with E-state index in [1.54, 1.807) is 6.07 Å². The van der Waals surface area contributed by atoms with Crippen LogP contribution in [-0.2, 0) is 28.5 Å². The van der Waals surface area contributed by atoms with E-state index >= 15 is 0 Å². The van der Waals surface area contributed by atoms with Gasteiger partial charge in [0.25, 0.3) is 5.91 Å². The van der Waals surface area contributed by atoms with Gasteiger partial charge in [-0.1, -0.05) is 12.1 Å². The molecule has 0 unspecified atom stereocenters. The van der Waals surface area contributed by atoms with Gasteiger partial charge in [-0.2, -0.15) is 13.2 Å². The van der Waals surface area contributed by atoms with E-state index in [0.717, 1.165) is 48.3 Å². The fourth-order valence-electron chi connectivity index (χ4n) is 2.82. The topological polar surface area (TPSA) is 55.4 Å². The first-order valence-electron chi connectivity index (χ1n) is 8.09. The first kappa shape index (κ1) is 18.4. The summed E-state index contributed by atoms with van der Waals surface area (Å²) in [6.45, 7) is -0.645. The van der Waals surface area contributed by atoms with Crippen LogP contribution in [0, 0.1) is 0 Å². The van der Waals surface area contributed by atoms with Gasteiger partial charge in [-0.15, -0.1) is 11.3 Å². The summed E-state index contributed by atoms with van der Waals surface area (Å²) >= 11 is 1.35. The summed E-state index contributed by atoms with van der Waals surface area (Å²) in [6.07, 6.45) is -0.561. The predicted octanol–water partition coefficient (Wildman–Crippen LogP) is 4.44. The summed E-state index contributed by atoms with van der Waals surface area (Å²) in [5, 5.41) is 2.14. The monoisotopic (exact) mass is 383 g/mol. The number of hydrogen-bond donors (Lipinski definition) is 1. The van der Waals surface area contributed by atoms with Crippen LogP contribution in [0.25, 0.3) is 0 Å². The molecule has 1 amide bonds. The third-order valence-electron chi connectivity index (χ3n) is 4.04. The van der Waals surface area contributed by atoms with Gasteiger partial charge in [0.05, 0.1) is 11.3 Å². The average Bonchev–Trinajstić information content (AvgIpc) is 3.03. The van der Waals surface area contributed by atoms with Crippen LogP contribution < -0.4 is 5.32 Å². The summed E-state index contributed by atoms with van der Waals surface area (Å²) < 4.78 is 43.7. The molecule has 0 bridgehead atoms. The van der Waals surface area contributed by atoms with Crippen molar-refractivity contribution in [3.8, 4) is 0 Å². The van der Waals surface area contributed by atoms with Crippen LogP contribution in [0.2, 0.25) is 0 Å². The lowest BCUT2D eigenvalue weighted by Gasteiger charge is -2.13. The Labute approximate surface area is 152 Å². The van der Waals surface area contributed by atoms with Crippen molar-refractivity contribution >= 4 is 28.9 Å². The molecule has 0 atom stereocenters. The number of anilines is 1. The number of carbonyl (C=O) groups is 2. The van der Waals surface area contributed by atoms with Gasteiger partial charge in [-0.05, 0) is 49.4 Å². The Bertz CT molecular complexity index is 806. The average molecular weight is 383 g/mol. The summed E-state index contributed by atoms with van der Waals surface area (Å²) in [6, 6.07) is 6.41. The van der Waals surface area contributed by atoms with E-state index in [2.05, 4.69) is 5.32 Å². The highest BCUT2D eigenvalue weighted by Gasteiger charge is 2.33. The smallest absolute Gasteiger partial charge is 0.418 e. The molecule has 0 spiro atoms. The molecule has 138 valence electrons. The van der Waals surface area contributed by atoms with Crippen molar-refractivity contribution in [2.24, 2.45) is 0 Å². The molecular weight excluding hydrogens is 367 g/mol. The van der Waals surface area contributed by atoms with Gasteiger partial charge in [0.1, 0.15) is 4.88 Å². The number of amides is 1. The van der Waals surface area contributed by atoms with Crippen molar-refractivity contribution in [3.05, 3.63) is 51.2 Å². The van der Waals surface area contributed by atoms with Crippen LogP contribution >= 0.6 is 11.3 Å². The fraction of sp³-hybridized carbons (Fsp3) is 0.333. The lowest BCUT2D eigenvalue weighted by atomic mass is 9.99. The van der Waals surface area contributed by atoms with E-state index in [0.29, 0.717) is 4.88 Å². The maximum atomic E-state index is 12.9. The number of alkyl halides is 3. The van der Waals surface area contributed by atoms with Crippen LogP contribution in [0.1, 0.15) is 38.5 Å². The first-order valence-corrected chi connectivity index (χ1v) is 8.91. The SMILES string of the molecule is O=C(COC(=O)c1cc2c(s1)CCCC2)Nc1ccccc1C(F)(F)F. The number of benzene rings is 1. The lowest BCUT2D eigenvalue weighted by Crippen LogP contribution is -2.22. The molecule has 2 aromatic rings. The number of hydrogen-bond acceptors (Lipinski definition) is 4. The number of rotatable bonds is 4. The van der Waals surface area contributed by atoms with Crippen LogP contribution in [0.4, 0.5) is 18.9 Å². The standard InChI is InChI=1S/C18H16F3NO3S/c19-18(20,21)12-6-2-3-7-13(12)22-16(23)10-25-17(24)15-9-11-5-1-4-8-14(11)26-15/h2-3,6-7,9H,1,4-5,8,10H2,(H,22,23). The number of fused-ring (bicyclic) bond motifs is 1. The van der Waals surface area contributed by atoms with Gasteiger partial charge in [-0.3, -0.25) is 4.79 Å². The molecule has 0 radical (unpaired) electrons. The quantitative estimate of drug-likeness (QED) is 0.794. The molecule has 26 heavy (non-hydrogen) atoms. The minimum Gasteiger partial charge on any atom is -0.451 e. The highest BCUT2D eigenvalue weighted by molar-refractivity contribution is 7.14. The highest BCUT2D eigenvalue weighted by atomic mass is 32.1. The Balaban J connectivity index is 1.59. The van der Waals surface area contributed by atoms with E-state index in [9.17, 15) is 22.8 Å². The molecule has 1 heterocycles. The Hall–Kier alpha value is -2.35. The van der Waals surface area contributed by atoms with Crippen LogP contribution in [0.5, 0.6) is 0 Å². The normalized spacial score (nSPS) is 13.8. The summed E-state index contributed by atoms with van der Waals surface area (Å²) in [5.41, 5.74) is -0.185. The zero-order valence-electron chi connectivity index (χ0n) is 13.7. The number of esters is 1. The largest absolute Gasteiger partial charge is 0.451 e. The van der Waals surface area contributed by atoms with Crippen molar-refractivity contribution in [2.45, 2.75) is 31.9 Å². The minimum absolute atomic E-state index is 0.368. The van der Waals surface area contributed by atoms with Gasteiger partial charge in [0.2, 0.25) is 0 Å². The Morgan fingerprint density at radius 3 is 2.62 bits per heavy atom. The van der Waals surface area contributed by atoms with E-state index < -0.39 is 30.2 Å². The van der Waals surface area contributed by atoms with E-state index in [-0.39, 0.29) is 5.69 Å². The second kappa shape index (κ2) is 7.49. The maximum Gasteiger partial charge on any atom is 0.418 e. The molecule has 1 aliphatic carbocycles. The van der Waals surface area contributed by atoms with Gasteiger partial charge >= 0.3 is 12.1 Å². The van der Waals surface area contributed by atoms with Crippen LogP contribution in [0.15, 0.2) is 30.3 Å². The van der Waals surface area contributed by atoms with Gasteiger partial charge in [0, 0.05) is 4.88 Å². The first-order chi connectivity index (χ1) is 12.3. The number of aryl methyl sites for hydroxylation is 2. The second-order valence-corrected chi connectivity index (χ2v) is 7.07. The molecule has 4 nitrogen and oxygen atoms in total. The Morgan fingerprint density at radius 1 is 1.15 bits per heavy atom. The van der Waals surface area contributed by atoms with Gasteiger partial charge in [0.15, 0.2) is 6.61 Å². The van der Waals surface area contributed by atoms with E-state index in [1.807, 2.05) is 0 Å². The van der Waals surface area contributed by atoms with Crippen molar-refractivity contribution in [1.82, 2.24) is 0 Å². The molecule has 0 saturated carbocycles. The summed E-state index contributed by atoms with van der Waals surface area (Å²) in [4.78, 5) is 25.5. The van der Waals surface area contributed by atoms with Crippen molar-refractivity contribution < 1.29 is 27.5 Å². The lowest BCUT2D eigenvalue weighted by molar-refractivity contribution is -0.137. The minimum atomic E-state index is -4.59. The molecule has 0 aliphatic heterocycles. The number of carbonyl (C=O) groups excluding carboxylic acids is 2. The molecule has 8 heteroatoms. The summed E-state index contributed by atoms with van der Waals surface area (Å²) in [7, 11) is 0. The number of thiophene rings is 1. The van der Waals surface area contributed by atoms with Gasteiger partial charge in [-0.25, -0.2) is 4.79 Å². The second-order valence-electron chi connectivity index (χ2n) is 5.93. The molecule has 0 fully saturated rings. The van der Waals surface area contributed by atoms with E-state index in [4.69, 9.17) is 4.74 Å². The summed E-state index contributed by atoms with van der Waals surface area (Å²) in [5.74, 6) is -1.46. The zero-order valence-corrected chi connectivity index (χ0v) is 14.5. The molecule has 3 rings (SSSR count). The predicted molar refractivity (Wildman–Crippen MR) is 91.3 cm³/mol. The third-order valence-corrected chi connectivity index (χ3v) is 5.26. The molecule has 1 aliphatic rings. The number of nitrogens with one attached hydrogen (secondary N) is 1. The number of ether oxygens (including phenoxy) is 1. The van der Waals surface area contributed by atoms with Crippen molar-refractivity contribution in [1.29, 1.82) is 0 Å². The van der Waals surface area contributed by atoms with Crippen molar-refractivity contribution in [2.75, 3.05) is 11.9 Å². The zero-order chi connectivity index (χ0) is 18.7. The fourth-order valence-corrected chi connectivity index (χ4v) is 3.97. The molecule has 1 aromatic heterocycles. The van der Waals surface area contributed by atoms with Gasteiger partial charge < -0.3 is 10.1 Å². The molecule has 1 N–H and O–H groups in total. The van der Waals surface area contributed by atoms with Crippen LogP contribution in [0.3, 0.4) is 0 Å². The highest BCUT2D eigenvalue weighted by Crippen LogP contribution is 2.34. The number of halogens is 3. The number of para-hydroxylation sites is 1.